The summed E-state index contributed by atoms with van der Waals surface area (Å²) in [5.74, 6) is -0.745. The predicted molar refractivity (Wildman–Crippen MR) is 52.2 cm³/mol. The molecular weight excluding hydrogens is 178 g/mol. The van der Waals surface area contributed by atoms with Crippen molar-refractivity contribution in [3.8, 4) is 6.07 Å². The molecule has 1 unspecified atom stereocenters. The highest BCUT2D eigenvalue weighted by Gasteiger charge is 2.22. The van der Waals surface area contributed by atoms with Gasteiger partial charge in [-0.2, -0.15) is 5.26 Å². The highest BCUT2D eigenvalue weighted by Crippen LogP contribution is 2.22. The minimum absolute atomic E-state index is 0.183. The van der Waals surface area contributed by atoms with Gasteiger partial charge in [0.25, 0.3) is 0 Å². The SMILES string of the molecule is COC(=O)C(CC#N)C1=CCCC=C1. The lowest BCUT2D eigenvalue weighted by Crippen LogP contribution is -2.18. The Morgan fingerprint density at radius 3 is 3.00 bits per heavy atom. The van der Waals surface area contributed by atoms with E-state index in [9.17, 15) is 4.79 Å². The monoisotopic (exact) mass is 191 g/mol. The van der Waals surface area contributed by atoms with Crippen LogP contribution in [-0.4, -0.2) is 13.1 Å². The Labute approximate surface area is 83.7 Å². The van der Waals surface area contributed by atoms with E-state index >= 15 is 0 Å². The fourth-order valence-electron chi connectivity index (χ4n) is 1.46. The van der Waals surface area contributed by atoms with Crippen molar-refractivity contribution in [2.24, 2.45) is 5.92 Å². The maximum absolute atomic E-state index is 11.4. The first kappa shape index (κ1) is 10.5. The number of rotatable bonds is 3. The van der Waals surface area contributed by atoms with E-state index in [2.05, 4.69) is 4.74 Å². The van der Waals surface area contributed by atoms with Gasteiger partial charge in [0.1, 0.15) is 0 Å². The van der Waals surface area contributed by atoms with Crippen molar-refractivity contribution in [1.82, 2.24) is 0 Å². The second kappa shape index (κ2) is 5.23. The van der Waals surface area contributed by atoms with Crippen LogP contribution in [0.1, 0.15) is 19.3 Å². The normalized spacial score (nSPS) is 16.7. The summed E-state index contributed by atoms with van der Waals surface area (Å²) < 4.78 is 4.65. The number of nitriles is 1. The van der Waals surface area contributed by atoms with E-state index in [0.29, 0.717) is 0 Å². The molecule has 0 N–H and O–H groups in total. The van der Waals surface area contributed by atoms with Crippen LogP contribution in [0.25, 0.3) is 0 Å². The molecule has 0 radical (unpaired) electrons. The highest BCUT2D eigenvalue weighted by molar-refractivity contribution is 5.77. The van der Waals surface area contributed by atoms with Crippen molar-refractivity contribution in [1.29, 1.82) is 5.26 Å². The Balaban J connectivity index is 2.77. The van der Waals surface area contributed by atoms with Crippen LogP contribution in [0.5, 0.6) is 0 Å². The van der Waals surface area contributed by atoms with Gasteiger partial charge in [0.2, 0.25) is 0 Å². The molecule has 0 heterocycles. The molecule has 0 aromatic carbocycles. The molecule has 0 saturated heterocycles. The summed E-state index contributed by atoms with van der Waals surface area (Å²) in [7, 11) is 1.35. The van der Waals surface area contributed by atoms with E-state index in [1.54, 1.807) is 0 Å². The van der Waals surface area contributed by atoms with Crippen molar-refractivity contribution in [3.05, 3.63) is 23.8 Å². The molecule has 1 rings (SSSR count). The third-order valence-corrected chi connectivity index (χ3v) is 2.21. The number of carbonyl (C=O) groups is 1. The van der Waals surface area contributed by atoms with Crippen molar-refractivity contribution in [3.63, 3.8) is 0 Å². The molecule has 0 amide bonds. The topological polar surface area (TPSA) is 50.1 Å². The number of hydrogen-bond donors (Lipinski definition) is 0. The van der Waals surface area contributed by atoms with Gasteiger partial charge < -0.3 is 4.74 Å². The third-order valence-electron chi connectivity index (χ3n) is 2.21. The molecule has 0 aliphatic heterocycles. The molecule has 0 aromatic heterocycles. The van der Waals surface area contributed by atoms with Gasteiger partial charge in [-0.25, -0.2) is 0 Å². The molecule has 1 aliphatic rings. The first-order valence-corrected chi connectivity index (χ1v) is 4.61. The lowest BCUT2D eigenvalue weighted by atomic mass is 9.92. The smallest absolute Gasteiger partial charge is 0.314 e. The number of methoxy groups -OCH3 is 1. The third kappa shape index (κ3) is 2.46. The van der Waals surface area contributed by atoms with Gasteiger partial charge in [-0.3, -0.25) is 4.79 Å². The van der Waals surface area contributed by atoms with Crippen molar-refractivity contribution in [2.75, 3.05) is 7.11 Å². The quantitative estimate of drug-likeness (QED) is 0.641. The molecule has 0 fully saturated rings. The lowest BCUT2D eigenvalue weighted by Gasteiger charge is -2.14. The Morgan fingerprint density at radius 2 is 2.50 bits per heavy atom. The lowest BCUT2D eigenvalue weighted by molar-refractivity contribution is -0.143. The number of nitrogens with zero attached hydrogens (tertiary/aromatic N) is 1. The molecule has 3 heteroatoms. The zero-order valence-electron chi connectivity index (χ0n) is 8.19. The Bertz CT molecular complexity index is 310. The van der Waals surface area contributed by atoms with Gasteiger partial charge >= 0.3 is 5.97 Å². The van der Waals surface area contributed by atoms with Gasteiger partial charge in [0, 0.05) is 0 Å². The zero-order chi connectivity index (χ0) is 10.4. The summed E-state index contributed by atoms with van der Waals surface area (Å²) in [6.45, 7) is 0. The molecule has 0 saturated carbocycles. The van der Waals surface area contributed by atoms with Crippen LogP contribution in [0.15, 0.2) is 23.8 Å². The Morgan fingerprint density at radius 1 is 1.71 bits per heavy atom. The predicted octanol–water partition coefficient (Wildman–Crippen LogP) is 1.97. The average molecular weight is 191 g/mol. The molecule has 74 valence electrons. The summed E-state index contributed by atoms with van der Waals surface area (Å²) in [5, 5.41) is 8.60. The van der Waals surface area contributed by atoms with Gasteiger partial charge in [-0.15, -0.1) is 0 Å². The van der Waals surface area contributed by atoms with Gasteiger partial charge in [-0.05, 0) is 18.4 Å². The first-order valence-electron chi connectivity index (χ1n) is 4.61. The molecule has 0 aromatic rings. The summed E-state index contributed by atoms with van der Waals surface area (Å²) in [4.78, 5) is 11.4. The standard InChI is InChI=1S/C11H13NO2/c1-14-11(13)10(7-8-12)9-5-3-2-4-6-9/h3,5-6,10H,2,4,7H2,1H3. The summed E-state index contributed by atoms with van der Waals surface area (Å²) in [5.41, 5.74) is 0.907. The Hall–Kier alpha value is -1.56. The zero-order valence-corrected chi connectivity index (χ0v) is 8.19. The average Bonchev–Trinajstić information content (AvgIpc) is 2.26. The molecule has 0 bridgehead atoms. The molecule has 1 aliphatic carbocycles. The van der Waals surface area contributed by atoms with Crippen LogP contribution in [-0.2, 0) is 9.53 Å². The van der Waals surface area contributed by atoms with E-state index in [0.717, 1.165) is 18.4 Å². The van der Waals surface area contributed by atoms with Crippen LogP contribution >= 0.6 is 0 Å². The Kier molecular flexibility index (Phi) is 3.93. The summed E-state index contributed by atoms with van der Waals surface area (Å²) in [6.07, 6.45) is 8.04. The molecule has 3 nitrogen and oxygen atoms in total. The van der Waals surface area contributed by atoms with Crippen LogP contribution in [0.4, 0.5) is 0 Å². The minimum Gasteiger partial charge on any atom is -0.469 e. The summed E-state index contributed by atoms with van der Waals surface area (Å²) >= 11 is 0. The fourth-order valence-corrected chi connectivity index (χ4v) is 1.46. The van der Waals surface area contributed by atoms with Crippen LogP contribution in [0, 0.1) is 17.2 Å². The van der Waals surface area contributed by atoms with E-state index in [1.165, 1.54) is 7.11 Å². The summed E-state index contributed by atoms with van der Waals surface area (Å²) in [6, 6.07) is 2.00. The molecular formula is C11H13NO2. The van der Waals surface area contributed by atoms with Crippen molar-refractivity contribution < 1.29 is 9.53 Å². The maximum atomic E-state index is 11.4. The second-order valence-electron chi connectivity index (χ2n) is 3.12. The van der Waals surface area contributed by atoms with Crippen LogP contribution < -0.4 is 0 Å². The van der Waals surface area contributed by atoms with Crippen LogP contribution in [0.2, 0.25) is 0 Å². The minimum atomic E-state index is -0.415. The van der Waals surface area contributed by atoms with E-state index in [1.807, 2.05) is 24.3 Å². The molecule has 1 atom stereocenters. The van der Waals surface area contributed by atoms with E-state index in [-0.39, 0.29) is 12.4 Å². The fraction of sp³-hybridized carbons (Fsp3) is 0.455. The number of ether oxygens (including phenoxy) is 1. The van der Waals surface area contributed by atoms with Crippen LogP contribution in [0.3, 0.4) is 0 Å². The number of allylic oxidation sites excluding steroid dienone is 3. The number of carbonyl (C=O) groups excluding carboxylic acids is 1. The second-order valence-corrected chi connectivity index (χ2v) is 3.12. The number of esters is 1. The number of hydrogen-bond acceptors (Lipinski definition) is 3. The largest absolute Gasteiger partial charge is 0.469 e. The molecule has 14 heavy (non-hydrogen) atoms. The van der Waals surface area contributed by atoms with Gasteiger partial charge in [0.05, 0.1) is 25.5 Å². The highest BCUT2D eigenvalue weighted by atomic mass is 16.5. The van der Waals surface area contributed by atoms with E-state index in [4.69, 9.17) is 5.26 Å². The van der Waals surface area contributed by atoms with E-state index < -0.39 is 5.92 Å². The van der Waals surface area contributed by atoms with Gasteiger partial charge in [0.15, 0.2) is 0 Å². The maximum Gasteiger partial charge on any atom is 0.314 e. The van der Waals surface area contributed by atoms with Crippen molar-refractivity contribution in [2.45, 2.75) is 19.3 Å². The molecule has 0 spiro atoms. The van der Waals surface area contributed by atoms with Crippen molar-refractivity contribution >= 4 is 5.97 Å². The first-order chi connectivity index (χ1) is 6.79. The van der Waals surface area contributed by atoms with Gasteiger partial charge in [-0.1, -0.05) is 18.2 Å².